The fraction of sp³-hybridized carbons (Fsp3) is 0.273. The van der Waals surface area contributed by atoms with Crippen LogP contribution in [0.25, 0.3) is 22.2 Å². The summed E-state index contributed by atoms with van der Waals surface area (Å²) in [5.41, 5.74) is 3.41. The Labute approximate surface area is 195 Å². The van der Waals surface area contributed by atoms with Gasteiger partial charge < -0.3 is 4.90 Å². The van der Waals surface area contributed by atoms with E-state index >= 15 is 0 Å². The Hall–Kier alpha value is -3.93. The Morgan fingerprint density at radius 2 is 1.65 bits per heavy atom. The van der Waals surface area contributed by atoms with Crippen molar-refractivity contribution in [2.45, 2.75) is 23.8 Å². The molecular formula is C22H21N7O4S. The maximum Gasteiger partial charge on any atom is 0.305 e. The smallest absolute Gasteiger partial charge is 0.305 e. The summed E-state index contributed by atoms with van der Waals surface area (Å²) in [4.78, 5) is 20.8. The van der Waals surface area contributed by atoms with Crippen LogP contribution in [-0.4, -0.2) is 57.6 Å². The highest BCUT2D eigenvalue weighted by Crippen LogP contribution is 2.29. The minimum atomic E-state index is -3.24. The number of sulfone groups is 1. The standard InChI is InChI=1S/C22H21N7O4S/c1-34(32,33)19-5-2-15(3-6-19)16-4-7-21-20(12-16)25-26-28(21)17-8-10-27(11-9-17)22-23-13-18(14-24-22)29(30)31/h2-7,12-14,17H,8-11H2,1H3. The van der Waals surface area contributed by atoms with Crippen molar-refractivity contribution in [1.29, 1.82) is 0 Å². The molecule has 1 saturated heterocycles. The van der Waals surface area contributed by atoms with Gasteiger partial charge in [-0.1, -0.05) is 23.4 Å². The zero-order chi connectivity index (χ0) is 23.9. The summed E-state index contributed by atoms with van der Waals surface area (Å²) in [7, 11) is -3.24. The SMILES string of the molecule is CS(=O)(=O)c1ccc(-c2ccc3c(c2)nnn3C2CCN(c3ncc([N+](=O)[O-])cn3)CC2)cc1. The van der Waals surface area contributed by atoms with Crippen LogP contribution in [0, 0.1) is 10.1 Å². The summed E-state index contributed by atoms with van der Waals surface area (Å²) in [6, 6.07) is 12.9. The van der Waals surface area contributed by atoms with Gasteiger partial charge in [0.1, 0.15) is 17.9 Å². The first kappa shape index (κ1) is 21.9. The summed E-state index contributed by atoms with van der Waals surface area (Å²) in [5.74, 6) is 0.485. The molecule has 1 fully saturated rings. The average molecular weight is 480 g/mol. The van der Waals surface area contributed by atoms with E-state index in [0.29, 0.717) is 19.0 Å². The average Bonchev–Trinajstić information content (AvgIpc) is 3.27. The van der Waals surface area contributed by atoms with E-state index in [-0.39, 0.29) is 16.6 Å². The highest BCUT2D eigenvalue weighted by Gasteiger charge is 2.25. The van der Waals surface area contributed by atoms with E-state index in [2.05, 4.69) is 20.3 Å². The predicted octanol–water partition coefficient (Wildman–Crippen LogP) is 3.04. The van der Waals surface area contributed by atoms with Gasteiger partial charge in [0.05, 0.1) is 21.4 Å². The molecule has 174 valence electrons. The van der Waals surface area contributed by atoms with E-state index in [4.69, 9.17) is 0 Å². The molecule has 2 aromatic heterocycles. The molecular weight excluding hydrogens is 458 g/mol. The van der Waals surface area contributed by atoms with Gasteiger partial charge in [-0.3, -0.25) is 10.1 Å². The first-order chi connectivity index (χ1) is 16.3. The van der Waals surface area contributed by atoms with Crippen molar-refractivity contribution in [3.8, 4) is 11.1 Å². The van der Waals surface area contributed by atoms with Crippen molar-refractivity contribution in [1.82, 2.24) is 25.0 Å². The molecule has 0 atom stereocenters. The molecule has 0 unspecified atom stereocenters. The van der Waals surface area contributed by atoms with E-state index in [9.17, 15) is 18.5 Å². The van der Waals surface area contributed by atoms with Crippen molar-refractivity contribution in [3.63, 3.8) is 0 Å². The number of rotatable bonds is 5. The first-order valence-corrected chi connectivity index (χ1v) is 12.6. The third kappa shape index (κ3) is 4.19. The zero-order valence-corrected chi connectivity index (χ0v) is 19.1. The number of nitrogens with zero attached hydrogens (tertiary/aromatic N) is 7. The molecule has 0 radical (unpaired) electrons. The summed E-state index contributed by atoms with van der Waals surface area (Å²) in [6.07, 6.45) is 5.27. The quantitative estimate of drug-likeness (QED) is 0.312. The molecule has 4 aromatic rings. The number of nitro groups is 1. The second-order valence-electron chi connectivity index (χ2n) is 8.25. The second-order valence-corrected chi connectivity index (χ2v) is 10.3. The topological polar surface area (TPSA) is 137 Å². The molecule has 0 saturated carbocycles. The lowest BCUT2D eigenvalue weighted by atomic mass is 10.0. The lowest BCUT2D eigenvalue weighted by Crippen LogP contribution is -2.36. The third-order valence-corrected chi connectivity index (χ3v) is 7.14. The van der Waals surface area contributed by atoms with Crippen LogP contribution in [0.1, 0.15) is 18.9 Å². The molecule has 1 aliphatic rings. The molecule has 1 aliphatic heterocycles. The maximum absolute atomic E-state index is 11.7. The van der Waals surface area contributed by atoms with Gasteiger partial charge in [0.2, 0.25) is 5.95 Å². The van der Waals surface area contributed by atoms with Crippen LogP contribution in [0.5, 0.6) is 0 Å². The number of aromatic nitrogens is 5. The molecule has 5 rings (SSSR count). The molecule has 12 heteroatoms. The normalized spacial score (nSPS) is 15.0. The van der Waals surface area contributed by atoms with Gasteiger partial charge >= 0.3 is 5.69 Å². The summed E-state index contributed by atoms with van der Waals surface area (Å²) in [6.45, 7) is 1.41. The Bertz CT molecular complexity index is 1460. The Balaban J connectivity index is 1.31. The molecule has 0 bridgehead atoms. The molecule has 0 aliphatic carbocycles. The number of hydrogen-bond acceptors (Lipinski definition) is 9. The van der Waals surface area contributed by atoms with E-state index < -0.39 is 14.8 Å². The van der Waals surface area contributed by atoms with Gasteiger partial charge in [0, 0.05) is 19.3 Å². The Morgan fingerprint density at radius 1 is 1.00 bits per heavy atom. The lowest BCUT2D eigenvalue weighted by Gasteiger charge is -2.31. The first-order valence-electron chi connectivity index (χ1n) is 10.7. The molecule has 3 heterocycles. The van der Waals surface area contributed by atoms with Crippen molar-refractivity contribution in [3.05, 3.63) is 65.0 Å². The highest BCUT2D eigenvalue weighted by atomic mass is 32.2. The fourth-order valence-electron chi connectivity index (χ4n) is 4.17. The van der Waals surface area contributed by atoms with Crippen LogP contribution in [0.3, 0.4) is 0 Å². The third-order valence-electron chi connectivity index (χ3n) is 6.02. The maximum atomic E-state index is 11.7. The number of hydrogen-bond donors (Lipinski definition) is 0. The minimum Gasteiger partial charge on any atom is -0.341 e. The van der Waals surface area contributed by atoms with Crippen LogP contribution in [0.4, 0.5) is 11.6 Å². The second kappa shape index (κ2) is 8.45. The van der Waals surface area contributed by atoms with E-state index in [1.807, 2.05) is 27.8 Å². The van der Waals surface area contributed by atoms with Crippen molar-refractivity contribution in [2.24, 2.45) is 0 Å². The van der Waals surface area contributed by atoms with Gasteiger partial charge in [-0.15, -0.1) is 5.10 Å². The monoisotopic (exact) mass is 479 g/mol. The Kier molecular flexibility index (Phi) is 5.44. The Morgan fingerprint density at radius 3 is 2.26 bits per heavy atom. The molecule has 0 N–H and O–H groups in total. The van der Waals surface area contributed by atoms with Crippen molar-refractivity contribution in [2.75, 3.05) is 24.2 Å². The lowest BCUT2D eigenvalue weighted by molar-refractivity contribution is -0.385. The van der Waals surface area contributed by atoms with Crippen LogP contribution in [-0.2, 0) is 9.84 Å². The molecule has 34 heavy (non-hydrogen) atoms. The summed E-state index contributed by atoms with van der Waals surface area (Å²) < 4.78 is 25.3. The number of fused-ring (bicyclic) bond motifs is 1. The van der Waals surface area contributed by atoms with Crippen LogP contribution in [0.15, 0.2) is 59.8 Å². The minimum absolute atomic E-state index is 0.126. The molecule has 11 nitrogen and oxygen atoms in total. The van der Waals surface area contributed by atoms with Gasteiger partial charge in [-0.05, 0) is 48.2 Å². The molecule has 0 spiro atoms. The van der Waals surface area contributed by atoms with Gasteiger partial charge in [0.15, 0.2) is 9.84 Å². The van der Waals surface area contributed by atoms with Gasteiger partial charge in [-0.2, -0.15) is 0 Å². The number of benzene rings is 2. The van der Waals surface area contributed by atoms with Crippen molar-refractivity contribution >= 4 is 32.5 Å². The van der Waals surface area contributed by atoms with Crippen LogP contribution >= 0.6 is 0 Å². The van der Waals surface area contributed by atoms with Crippen molar-refractivity contribution < 1.29 is 13.3 Å². The van der Waals surface area contributed by atoms with Crippen LogP contribution < -0.4 is 4.90 Å². The summed E-state index contributed by atoms with van der Waals surface area (Å²) in [5, 5.41) is 19.5. The summed E-state index contributed by atoms with van der Waals surface area (Å²) >= 11 is 0. The zero-order valence-electron chi connectivity index (χ0n) is 18.3. The molecule has 0 amide bonds. The fourth-order valence-corrected chi connectivity index (χ4v) is 4.80. The van der Waals surface area contributed by atoms with Gasteiger partial charge in [-0.25, -0.2) is 23.1 Å². The van der Waals surface area contributed by atoms with Gasteiger partial charge in [0.25, 0.3) is 0 Å². The highest BCUT2D eigenvalue weighted by molar-refractivity contribution is 7.90. The van der Waals surface area contributed by atoms with E-state index in [1.165, 1.54) is 18.6 Å². The number of piperidine rings is 1. The number of anilines is 1. The molecule has 2 aromatic carbocycles. The largest absolute Gasteiger partial charge is 0.341 e. The predicted molar refractivity (Wildman–Crippen MR) is 125 cm³/mol. The van der Waals surface area contributed by atoms with E-state index in [0.717, 1.165) is 35.0 Å². The van der Waals surface area contributed by atoms with E-state index in [1.54, 1.807) is 24.3 Å². The van der Waals surface area contributed by atoms with Crippen LogP contribution in [0.2, 0.25) is 0 Å².